The van der Waals surface area contributed by atoms with Crippen molar-refractivity contribution in [2.45, 2.75) is 157 Å². The molecule has 0 amide bonds. The van der Waals surface area contributed by atoms with Crippen LogP contribution in [0.5, 0.6) is 0 Å². The van der Waals surface area contributed by atoms with Gasteiger partial charge in [-0.05, 0) is 38.5 Å². The van der Waals surface area contributed by atoms with Crippen molar-refractivity contribution >= 4 is 87.5 Å². The number of hydrogen-bond donors (Lipinski definition) is 3. The number of thiol groups is 3. The van der Waals surface area contributed by atoms with Crippen LogP contribution in [-0.2, 0) is 17.1 Å². The van der Waals surface area contributed by atoms with E-state index in [9.17, 15) is 0 Å². The fraction of sp³-hybridized carbons (Fsp3) is 0.909. The minimum atomic E-state index is 0. The van der Waals surface area contributed by atoms with Gasteiger partial charge in [0.1, 0.15) is 13.0 Å². The summed E-state index contributed by atoms with van der Waals surface area (Å²) < 4.78 is 2.28. The van der Waals surface area contributed by atoms with Gasteiger partial charge in [-0.2, -0.15) is 0 Å². The number of rotatable bonds is 24. The number of hydrogen-bond acceptors (Lipinski definition) is 3. The first-order valence-corrected chi connectivity index (χ1v) is 19.7. The Bertz CT molecular complexity index is 502. The molecule has 1 radical (unpaired) electrons. The second kappa shape index (κ2) is 41.3. The molecule has 10 heteroatoms. The van der Waals surface area contributed by atoms with Crippen molar-refractivity contribution < 1.29 is 17.1 Å². The molecular formula is C33H69FeN3S6+3. The van der Waals surface area contributed by atoms with Gasteiger partial charge in [0.25, 0.3) is 0 Å². The largest absolute Gasteiger partial charge is 3.00 e. The maximum absolute atomic E-state index is 5.11. The zero-order chi connectivity index (χ0) is 32.4. The zero-order valence-electron chi connectivity index (χ0n) is 28.7. The van der Waals surface area contributed by atoms with E-state index in [-0.39, 0.29) is 17.1 Å². The minimum absolute atomic E-state index is 0. The van der Waals surface area contributed by atoms with Crippen LogP contribution < -0.4 is 0 Å². The van der Waals surface area contributed by atoms with E-state index in [1.807, 2.05) is 0 Å². The normalized spacial score (nSPS) is 9.98. The van der Waals surface area contributed by atoms with E-state index >= 15 is 0 Å². The fourth-order valence-corrected chi connectivity index (χ4v) is 5.37. The molecule has 0 saturated heterocycles. The predicted molar refractivity (Wildman–Crippen MR) is 217 cm³/mol. The number of unbranched alkanes of at least 4 members (excludes halogenated alkanes) is 12. The summed E-state index contributed by atoms with van der Waals surface area (Å²) in [6, 6.07) is 0. The monoisotopic (exact) mass is 755 g/mol. The van der Waals surface area contributed by atoms with Crippen molar-refractivity contribution in [3.8, 4) is 0 Å². The third kappa shape index (κ3) is 39.3. The van der Waals surface area contributed by atoms with Gasteiger partial charge in [-0.15, -0.1) is 37.9 Å². The Hall–Kier alpha value is 1.24. The van der Waals surface area contributed by atoms with Crippen LogP contribution in [0.4, 0.5) is 0 Å². The molecule has 0 aliphatic heterocycles. The summed E-state index contributed by atoms with van der Waals surface area (Å²) >= 11 is 28.1. The van der Waals surface area contributed by atoms with Crippen molar-refractivity contribution in [2.24, 2.45) is 0 Å². The Labute approximate surface area is 313 Å². The van der Waals surface area contributed by atoms with Gasteiger partial charge in [0.2, 0.25) is 0 Å². The Morgan fingerprint density at radius 3 is 0.581 bits per heavy atom. The van der Waals surface area contributed by atoms with Crippen LogP contribution in [0, 0.1) is 0 Å². The fourth-order valence-electron chi connectivity index (χ4n) is 4.23. The van der Waals surface area contributed by atoms with Gasteiger partial charge in [0, 0.05) is 39.3 Å². The van der Waals surface area contributed by atoms with Gasteiger partial charge in [-0.25, -0.2) is 0 Å². The Kier molecular flexibility index (Phi) is 49.0. The maximum atomic E-state index is 5.11. The van der Waals surface area contributed by atoms with E-state index in [4.69, 9.17) is 36.7 Å². The SMILES string of the molecule is CCCCCN(CCCCC)C(=S)S.CCCCCN(CCCCC)C(=S)S.CCCCCN(CCCCC)C(=S)S.[Fe+3]. The van der Waals surface area contributed by atoms with Crippen molar-refractivity contribution in [3.63, 3.8) is 0 Å². The molecule has 0 N–H and O–H groups in total. The van der Waals surface area contributed by atoms with E-state index < -0.39 is 0 Å². The van der Waals surface area contributed by atoms with Crippen LogP contribution in [0.1, 0.15) is 157 Å². The minimum Gasteiger partial charge on any atom is -0.358 e. The Balaban J connectivity index is -0.000000262. The summed E-state index contributed by atoms with van der Waals surface area (Å²) in [6.45, 7) is 19.8. The van der Waals surface area contributed by atoms with Crippen molar-refractivity contribution in [3.05, 3.63) is 0 Å². The Morgan fingerprint density at radius 1 is 0.349 bits per heavy atom. The van der Waals surface area contributed by atoms with Crippen LogP contribution in [0.15, 0.2) is 0 Å². The number of nitrogens with zero attached hydrogens (tertiary/aromatic N) is 3. The second-order valence-corrected chi connectivity index (χ2v) is 14.4. The molecule has 0 aliphatic carbocycles. The van der Waals surface area contributed by atoms with E-state index in [1.54, 1.807) is 0 Å². The molecule has 3 nitrogen and oxygen atoms in total. The van der Waals surface area contributed by atoms with Crippen molar-refractivity contribution in [2.75, 3.05) is 39.3 Å². The van der Waals surface area contributed by atoms with Crippen LogP contribution in [0.25, 0.3) is 0 Å². The van der Waals surface area contributed by atoms with Crippen LogP contribution in [0.3, 0.4) is 0 Å². The first-order chi connectivity index (χ1) is 20.2. The molecule has 0 atom stereocenters. The molecule has 0 aromatic carbocycles. The second-order valence-electron chi connectivity index (χ2n) is 11.1. The van der Waals surface area contributed by atoms with Crippen molar-refractivity contribution in [1.29, 1.82) is 0 Å². The summed E-state index contributed by atoms with van der Waals surface area (Å²) in [5.41, 5.74) is 0. The van der Waals surface area contributed by atoms with Gasteiger partial charge in [-0.3, -0.25) is 0 Å². The van der Waals surface area contributed by atoms with E-state index in [0.717, 1.165) is 52.2 Å². The molecule has 0 heterocycles. The summed E-state index contributed by atoms with van der Waals surface area (Å²) in [6.07, 6.45) is 22.8. The molecule has 43 heavy (non-hydrogen) atoms. The third-order valence-electron chi connectivity index (χ3n) is 7.00. The standard InChI is InChI=1S/3C11H23NS2.Fe/c3*1-3-5-7-9-12(11(13)14)10-8-6-4-2;/h3*3-10H2,1-2H3,(H,13,14);/q;;;+3. The summed E-state index contributed by atoms with van der Waals surface area (Å²) in [5, 5.41) is 0. The average Bonchev–Trinajstić information content (AvgIpc) is 2.95. The zero-order valence-corrected chi connectivity index (χ0v) is 35.0. The molecule has 0 unspecified atom stereocenters. The van der Waals surface area contributed by atoms with E-state index in [2.05, 4.69) is 94.1 Å². The average molecular weight is 756 g/mol. The third-order valence-corrected chi connectivity index (χ3v) is 8.62. The topological polar surface area (TPSA) is 9.72 Å². The van der Waals surface area contributed by atoms with Crippen LogP contribution >= 0.6 is 74.5 Å². The molecule has 0 saturated carbocycles. The van der Waals surface area contributed by atoms with E-state index in [0.29, 0.717) is 0 Å². The first kappa shape index (κ1) is 51.1. The van der Waals surface area contributed by atoms with E-state index in [1.165, 1.54) is 116 Å². The van der Waals surface area contributed by atoms with Crippen molar-refractivity contribution in [1.82, 2.24) is 14.7 Å². The number of thiocarbonyl (C=S) groups is 3. The molecule has 0 rings (SSSR count). The van der Waals surface area contributed by atoms with Gasteiger partial charge < -0.3 is 14.7 Å². The smallest absolute Gasteiger partial charge is 0.358 e. The summed E-state index contributed by atoms with van der Waals surface area (Å²) in [7, 11) is 0. The first-order valence-electron chi connectivity index (χ1n) is 17.1. The molecule has 0 fully saturated rings. The molecule has 0 bridgehead atoms. The summed E-state index contributed by atoms with van der Waals surface area (Å²) in [5.74, 6) is 0. The molecule has 0 aliphatic rings. The molecule has 0 aromatic rings. The van der Waals surface area contributed by atoms with Crippen LogP contribution in [0.2, 0.25) is 0 Å². The predicted octanol–water partition coefficient (Wildman–Crippen LogP) is 11.6. The van der Waals surface area contributed by atoms with Gasteiger partial charge >= 0.3 is 17.1 Å². The summed E-state index contributed by atoms with van der Waals surface area (Å²) in [4.78, 5) is 6.68. The van der Waals surface area contributed by atoms with Crippen LogP contribution in [-0.4, -0.2) is 66.9 Å². The Morgan fingerprint density at radius 2 is 0.488 bits per heavy atom. The maximum Gasteiger partial charge on any atom is 3.00 e. The molecule has 0 spiro atoms. The van der Waals surface area contributed by atoms with Gasteiger partial charge in [0.15, 0.2) is 0 Å². The van der Waals surface area contributed by atoms with Gasteiger partial charge in [0.05, 0.1) is 0 Å². The molecule has 257 valence electrons. The molecular weight excluding hydrogens is 687 g/mol. The quantitative estimate of drug-likeness (QED) is 0.0389. The molecule has 0 aromatic heterocycles. The van der Waals surface area contributed by atoms with Gasteiger partial charge in [-0.1, -0.05) is 155 Å².